The van der Waals surface area contributed by atoms with Crippen LogP contribution in [0, 0.1) is 18.6 Å². The maximum Gasteiger partial charge on any atom is 0.338 e. The second kappa shape index (κ2) is 8.64. The van der Waals surface area contributed by atoms with Crippen LogP contribution in [0.15, 0.2) is 53.4 Å². The molecular weight excluding hydrogens is 450 g/mol. The van der Waals surface area contributed by atoms with E-state index in [0.29, 0.717) is 11.6 Å². The van der Waals surface area contributed by atoms with Crippen molar-refractivity contribution in [3.8, 4) is 16.9 Å². The summed E-state index contributed by atoms with van der Waals surface area (Å²) in [7, 11) is -3.29. The number of methoxy groups -OCH3 is 1. The van der Waals surface area contributed by atoms with Crippen LogP contribution in [0.4, 0.5) is 8.78 Å². The smallest absolute Gasteiger partial charge is 0.338 e. The third kappa shape index (κ3) is 4.40. The Kier molecular flexibility index (Phi) is 6.33. The van der Waals surface area contributed by atoms with Crippen molar-refractivity contribution in [1.29, 1.82) is 0 Å². The summed E-state index contributed by atoms with van der Waals surface area (Å²) in [6.45, 7) is 1.30. The van der Waals surface area contributed by atoms with E-state index in [4.69, 9.17) is 11.6 Å². The van der Waals surface area contributed by atoms with Gasteiger partial charge in [-0.15, -0.1) is 0 Å². The fraction of sp³-hybridized carbons (Fsp3) is 0.136. The molecule has 0 spiro atoms. The predicted octanol–water partition coefficient (Wildman–Crippen LogP) is 5.06. The Balaban J connectivity index is 2.14. The molecule has 5 nitrogen and oxygen atoms in total. The fourth-order valence-corrected chi connectivity index (χ4v) is 5.25. The van der Waals surface area contributed by atoms with Crippen LogP contribution in [0.3, 0.4) is 0 Å². The highest BCUT2D eigenvalue weighted by molar-refractivity contribution is 7.90. The van der Waals surface area contributed by atoms with E-state index in [1.165, 1.54) is 6.92 Å². The number of hydrogen-bond acceptors (Lipinski definition) is 5. The summed E-state index contributed by atoms with van der Waals surface area (Å²) in [5.41, 5.74) is -0.102. The van der Waals surface area contributed by atoms with E-state index in [1.807, 2.05) is 0 Å². The van der Waals surface area contributed by atoms with Gasteiger partial charge >= 0.3 is 5.97 Å². The standard InChI is InChI=1S/C22H17ClF2O5S/c1-12-15(22(27)30-2)9-17(23)20(26)21(12)31(28,29)11-14-8-16(19(25)10-18(14)24)13-6-4-3-5-7-13/h3-10,26H,11H2,1-2H3. The van der Waals surface area contributed by atoms with Gasteiger partial charge in [0.05, 0.1) is 23.4 Å². The zero-order valence-corrected chi connectivity index (χ0v) is 18.0. The van der Waals surface area contributed by atoms with Crippen LogP contribution in [0.1, 0.15) is 21.5 Å². The second-order valence-corrected chi connectivity index (χ2v) is 9.08. The van der Waals surface area contributed by atoms with Gasteiger partial charge in [0.25, 0.3) is 0 Å². The lowest BCUT2D eigenvalue weighted by Crippen LogP contribution is -2.13. The van der Waals surface area contributed by atoms with Gasteiger partial charge in [0.2, 0.25) is 0 Å². The zero-order chi connectivity index (χ0) is 22.9. The van der Waals surface area contributed by atoms with Gasteiger partial charge in [-0.2, -0.15) is 0 Å². The van der Waals surface area contributed by atoms with Crippen LogP contribution in [-0.2, 0) is 20.3 Å². The largest absolute Gasteiger partial charge is 0.505 e. The number of benzene rings is 3. The molecular formula is C22H17ClF2O5S. The van der Waals surface area contributed by atoms with Gasteiger partial charge in [-0.3, -0.25) is 0 Å². The minimum atomic E-state index is -4.40. The number of rotatable bonds is 5. The number of hydrogen-bond donors (Lipinski definition) is 1. The summed E-state index contributed by atoms with van der Waals surface area (Å²) >= 11 is 5.91. The fourth-order valence-electron chi connectivity index (χ4n) is 3.23. The van der Waals surface area contributed by atoms with Crippen molar-refractivity contribution in [2.75, 3.05) is 7.11 Å². The first-order valence-electron chi connectivity index (χ1n) is 8.93. The summed E-state index contributed by atoms with van der Waals surface area (Å²) in [5.74, 6) is -4.42. The molecule has 0 saturated carbocycles. The molecule has 0 fully saturated rings. The monoisotopic (exact) mass is 466 g/mol. The summed E-state index contributed by atoms with van der Waals surface area (Å²) in [6.07, 6.45) is 0. The van der Waals surface area contributed by atoms with E-state index in [-0.39, 0.29) is 27.3 Å². The Labute approximate surface area is 182 Å². The van der Waals surface area contributed by atoms with Gasteiger partial charge in [0, 0.05) is 17.2 Å². The van der Waals surface area contributed by atoms with Crippen LogP contribution < -0.4 is 0 Å². The van der Waals surface area contributed by atoms with Gasteiger partial charge in [-0.05, 0) is 30.2 Å². The molecule has 1 N–H and O–H groups in total. The van der Waals surface area contributed by atoms with Gasteiger partial charge in [0.1, 0.15) is 16.5 Å². The molecule has 0 heterocycles. The van der Waals surface area contributed by atoms with E-state index >= 15 is 0 Å². The summed E-state index contributed by atoms with van der Waals surface area (Å²) < 4.78 is 59.6. The molecule has 0 bridgehead atoms. The predicted molar refractivity (Wildman–Crippen MR) is 112 cm³/mol. The number of ether oxygens (including phenoxy) is 1. The van der Waals surface area contributed by atoms with E-state index in [2.05, 4.69) is 4.74 Å². The van der Waals surface area contributed by atoms with Gasteiger partial charge < -0.3 is 9.84 Å². The van der Waals surface area contributed by atoms with Crippen molar-refractivity contribution >= 4 is 27.4 Å². The Hall–Kier alpha value is -2.97. The van der Waals surface area contributed by atoms with E-state index in [9.17, 15) is 27.1 Å². The molecule has 0 unspecified atom stereocenters. The molecule has 162 valence electrons. The summed E-state index contributed by atoms with van der Waals surface area (Å²) in [5, 5.41) is 9.92. The van der Waals surface area contributed by atoms with Crippen molar-refractivity contribution in [3.63, 3.8) is 0 Å². The summed E-state index contributed by atoms with van der Waals surface area (Å²) in [6, 6.07) is 11.1. The number of sulfone groups is 1. The molecule has 0 aliphatic heterocycles. The molecule has 0 aliphatic carbocycles. The number of esters is 1. The lowest BCUT2D eigenvalue weighted by molar-refractivity contribution is 0.0599. The third-order valence-electron chi connectivity index (χ3n) is 4.74. The Bertz CT molecular complexity index is 1280. The highest BCUT2D eigenvalue weighted by Gasteiger charge is 2.29. The van der Waals surface area contributed by atoms with Crippen molar-refractivity contribution in [3.05, 3.63) is 81.9 Å². The maximum absolute atomic E-state index is 14.5. The Morgan fingerprint density at radius 1 is 1.10 bits per heavy atom. The molecule has 0 aromatic heterocycles. The van der Waals surface area contributed by atoms with Crippen LogP contribution in [0.2, 0.25) is 5.02 Å². The van der Waals surface area contributed by atoms with E-state index < -0.39 is 43.8 Å². The lowest BCUT2D eigenvalue weighted by Gasteiger charge is -2.15. The number of carbonyl (C=O) groups excluding carboxylic acids is 1. The molecule has 0 atom stereocenters. The molecule has 9 heteroatoms. The van der Waals surface area contributed by atoms with E-state index in [1.54, 1.807) is 30.3 Å². The third-order valence-corrected chi connectivity index (χ3v) is 6.84. The highest BCUT2D eigenvalue weighted by atomic mass is 35.5. The van der Waals surface area contributed by atoms with Crippen molar-refractivity contribution in [2.24, 2.45) is 0 Å². The number of halogens is 3. The number of carbonyl (C=O) groups is 1. The first-order chi connectivity index (χ1) is 14.6. The number of aromatic hydroxyl groups is 1. The zero-order valence-electron chi connectivity index (χ0n) is 16.4. The van der Waals surface area contributed by atoms with Crippen LogP contribution in [-0.4, -0.2) is 26.6 Å². The topological polar surface area (TPSA) is 80.7 Å². The van der Waals surface area contributed by atoms with Gasteiger partial charge in [-0.1, -0.05) is 41.9 Å². The molecule has 0 aliphatic rings. The SMILES string of the molecule is COC(=O)c1cc(Cl)c(O)c(S(=O)(=O)Cc2cc(-c3ccccc3)c(F)cc2F)c1C. The maximum atomic E-state index is 14.5. The van der Waals surface area contributed by atoms with Gasteiger partial charge in [0.15, 0.2) is 15.6 Å². The minimum Gasteiger partial charge on any atom is -0.505 e. The van der Waals surface area contributed by atoms with Gasteiger partial charge in [-0.25, -0.2) is 22.0 Å². The second-order valence-electron chi connectivity index (χ2n) is 6.75. The number of phenolic OH excluding ortho intramolecular Hbond substituents is 1. The summed E-state index contributed by atoms with van der Waals surface area (Å²) in [4.78, 5) is 11.3. The average molecular weight is 467 g/mol. The molecule has 3 aromatic rings. The average Bonchev–Trinajstić information content (AvgIpc) is 2.72. The van der Waals surface area contributed by atoms with Crippen molar-refractivity contribution in [1.82, 2.24) is 0 Å². The highest BCUT2D eigenvalue weighted by Crippen LogP contribution is 2.38. The molecule has 31 heavy (non-hydrogen) atoms. The molecule has 0 radical (unpaired) electrons. The van der Waals surface area contributed by atoms with Crippen LogP contribution >= 0.6 is 11.6 Å². The lowest BCUT2D eigenvalue weighted by atomic mass is 10.0. The number of phenols is 1. The Morgan fingerprint density at radius 3 is 2.35 bits per heavy atom. The van der Waals surface area contributed by atoms with Crippen LogP contribution in [0.25, 0.3) is 11.1 Å². The van der Waals surface area contributed by atoms with Crippen molar-refractivity contribution < 1.29 is 31.8 Å². The van der Waals surface area contributed by atoms with Crippen LogP contribution in [0.5, 0.6) is 5.75 Å². The normalized spacial score (nSPS) is 11.4. The first-order valence-corrected chi connectivity index (χ1v) is 11.0. The molecule has 0 saturated heterocycles. The molecule has 0 amide bonds. The molecule has 3 rings (SSSR count). The first kappa shape index (κ1) is 22.7. The Morgan fingerprint density at radius 2 is 1.74 bits per heavy atom. The molecule has 3 aromatic carbocycles. The van der Waals surface area contributed by atoms with E-state index in [0.717, 1.165) is 19.2 Å². The minimum absolute atomic E-state index is 0.0227. The quantitative estimate of drug-likeness (QED) is 0.531. The van der Waals surface area contributed by atoms with Crippen molar-refractivity contribution in [2.45, 2.75) is 17.6 Å².